The zero-order valence-corrected chi connectivity index (χ0v) is 35.6. The number of nitrogens with one attached hydrogen (secondary N) is 6. The number of carbonyl (C=O) groups excluding carboxylic acids is 7. The minimum Gasteiger partial charge on any atom is -0.445 e. The molecule has 0 saturated carbocycles. The first-order valence-corrected chi connectivity index (χ1v) is 20.9. The van der Waals surface area contributed by atoms with E-state index in [1.807, 2.05) is 5.92 Å². The lowest BCUT2D eigenvalue weighted by Crippen LogP contribution is -2.57. The number of alkyl carbamates (subject to hydrolysis) is 1. The maximum Gasteiger partial charge on any atom is 0.407 e. The molecule has 22 heteroatoms. The van der Waals surface area contributed by atoms with Gasteiger partial charge >= 0.3 is 12.0 Å². The fraction of sp³-hybridized carbons (Fsp3) is 0.675. The van der Waals surface area contributed by atoms with Crippen molar-refractivity contribution in [1.29, 1.82) is 0 Å². The van der Waals surface area contributed by atoms with Crippen LogP contribution in [0.25, 0.3) is 0 Å². The van der Waals surface area contributed by atoms with Crippen molar-refractivity contribution >= 4 is 53.8 Å². The maximum absolute atomic E-state index is 14.5. The number of hydrogen-bond donors (Lipinski definition) is 10. The molecule has 14 N–H and O–H groups in total. The van der Waals surface area contributed by atoms with Crippen molar-refractivity contribution in [3.05, 3.63) is 12.7 Å². The van der Waals surface area contributed by atoms with Crippen molar-refractivity contribution in [3.8, 4) is 11.8 Å². The maximum atomic E-state index is 14.5. The molecule has 348 valence electrons. The molecular weight excluding hydrogens is 815 g/mol. The Bertz CT molecular complexity index is 1600. The van der Waals surface area contributed by atoms with E-state index in [1.54, 1.807) is 0 Å². The number of rotatable bonds is 30. The minimum absolute atomic E-state index is 0.00721. The number of alkyl halides is 2. The Morgan fingerprint density at radius 3 is 1.85 bits per heavy atom. The molecule has 0 spiro atoms. The molecule has 6 amide bonds. The Balaban J connectivity index is 3.02. The van der Waals surface area contributed by atoms with Gasteiger partial charge in [-0.05, 0) is 83.0 Å². The number of halogens is 2. The Kier molecular flexibility index (Phi) is 26.9. The van der Waals surface area contributed by atoms with Gasteiger partial charge in [-0.15, -0.1) is 0 Å². The minimum atomic E-state index is -3.26. The predicted molar refractivity (Wildman–Crippen MR) is 229 cm³/mol. The van der Waals surface area contributed by atoms with Gasteiger partial charge < -0.3 is 64.4 Å². The van der Waals surface area contributed by atoms with E-state index in [2.05, 4.69) is 54.4 Å². The standard InChI is InChI=1S/C40H66F2N12O8/c1-3-24-62-39(61)50-21-10-7-15-29(26-55)52-34(58)31(17-12-22-48-37(43)44)53-36(60)32(18-13-23-49-38(45)46)54-35(59)30(51-27(2)56)16-8-11-20-47-33(57)25-28-14-6-4-5-9-19-40(28,41)42/h3,26,28-32H,1,4-8,10-18,20-25H2,2H3,(H,47,57)(H,50,61)(H,51,56)(H,52,58)(H,53,60)(H,54,59)(H4,43,44,48)(H4,45,46,49). The Hall–Kier alpha value is -6.01. The zero-order chi connectivity index (χ0) is 46.3. The number of hydrogen-bond acceptors (Lipinski definition) is 10. The van der Waals surface area contributed by atoms with Gasteiger partial charge in [0.15, 0.2) is 11.9 Å². The van der Waals surface area contributed by atoms with Crippen molar-refractivity contribution in [3.63, 3.8) is 0 Å². The van der Waals surface area contributed by atoms with Gasteiger partial charge in [-0.1, -0.05) is 25.0 Å². The molecule has 0 aliphatic heterocycles. The van der Waals surface area contributed by atoms with Crippen LogP contribution in [0.3, 0.4) is 0 Å². The fourth-order valence-corrected chi connectivity index (χ4v) is 6.22. The molecular formula is C40H66F2N12O8. The summed E-state index contributed by atoms with van der Waals surface area (Å²) >= 11 is 0. The molecule has 5 atom stereocenters. The number of ether oxygens (including phenoxy) is 1. The largest absolute Gasteiger partial charge is 0.445 e. The first-order valence-electron chi connectivity index (χ1n) is 20.9. The average molecular weight is 881 g/mol. The summed E-state index contributed by atoms with van der Waals surface area (Å²) in [5.41, 5.74) is 21.8. The molecule has 0 bridgehead atoms. The number of carbonyl (C=O) groups is 7. The van der Waals surface area contributed by atoms with Gasteiger partial charge in [0.1, 0.15) is 31.0 Å². The lowest BCUT2D eigenvalue weighted by atomic mass is 9.89. The predicted octanol–water partition coefficient (Wildman–Crippen LogP) is -0.160. The third-order valence-corrected chi connectivity index (χ3v) is 9.43. The molecule has 5 unspecified atom stereocenters. The summed E-state index contributed by atoms with van der Waals surface area (Å²) < 4.78 is 33.8. The second kappa shape index (κ2) is 30.9. The highest BCUT2D eigenvalue weighted by atomic mass is 19.3. The third kappa shape index (κ3) is 24.9. The molecule has 0 aromatic rings. The molecule has 0 saturated heterocycles. The van der Waals surface area contributed by atoms with Crippen LogP contribution < -0.4 is 54.8 Å². The van der Waals surface area contributed by atoms with Crippen LogP contribution in [0.4, 0.5) is 13.6 Å². The second-order valence-electron chi connectivity index (χ2n) is 14.8. The smallest absolute Gasteiger partial charge is 0.407 e. The van der Waals surface area contributed by atoms with Crippen molar-refractivity contribution < 1.29 is 47.1 Å². The Labute approximate surface area is 361 Å². The number of amides is 6. The number of nitrogens with zero attached hydrogens (tertiary/aromatic N) is 2. The molecule has 1 rings (SSSR count). The Morgan fingerprint density at radius 1 is 0.774 bits per heavy atom. The molecule has 1 aliphatic rings. The fourth-order valence-electron chi connectivity index (χ4n) is 6.22. The number of aliphatic imine (C=N–C) groups is 2. The highest BCUT2D eigenvalue weighted by molar-refractivity contribution is 5.94. The van der Waals surface area contributed by atoms with Gasteiger partial charge in [-0.25, -0.2) is 4.79 Å². The summed E-state index contributed by atoms with van der Waals surface area (Å²) in [4.78, 5) is 97.0. The van der Waals surface area contributed by atoms with Crippen molar-refractivity contribution in [2.24, 2.45) is 38.8 Å². The van der Waals surface area contributed by atoms with Gasteiger partial charge in [0, 0.05) is 51.9 Å². The molecule has 1 aliphatic carbocycles. The molecule has 0 heterocycles. The van der Waals surface area contributed by atoms with E-state index in [0.29, 0.717) is 51.2 Å². The molecule has 0 radical (unpaired) electrons. The van der Waals surface area contributed by atoms with Gasteiger partial charge in [0.05, 0.1) is 6.04 Å². The number of aldehydes is 1. The highest BCUT2D eigenvalue weighted by Gasteiger charge is 2.39. The van der Waals surface area contributed by atoms with Crippen LogP contribution in [0, 0.1) is 17.8 Å². The Morgan fingerprint density at radius 2 is 1.31 bits per heavy atom. The van der Waals surface area contributed by atoms with Crippen molar-refractivity contribution in [2.75, 3.05) is 32.8 Å². The first-order chi connectivity index (χ1) is 29.5. The van der Waals surface area contributed by atoms with Crippen LogP contribution in [0.1, 0.15) is 103 Å². The van der Waals surface area contributed by atoms with E-state index in [-0.39, 0.29) is 96.1 Å². The van der Waals surface area contributed by atoms with Gasteiger partial charge in [-0.3, -0.25) is 34.0 Å². The summed E-state index contributed by atoms with van der Waals surface area (Å²) in [6.07, 6.45) is 5.20. The molecule has 20 nitrogen and oxygen atoms in total. The van der Waals surface area contributed by atoms with Gasteiger partial charge in [-0.2, -0.15) is 8.78 Å². The van der Waals surface area contributed by atoms with E-state index in [1.165, 1.54) is 13.0 Å². The molecule has 0 fully saturated rings. The second-order valence-corrected chi connectivity index (χ2v) is 14.8. The summed E-state index contributed by atoms with van der Waals surface area (Å²) in [5.74, 6) is -3.58. The van der Waals surface area contributed by atoms with Crippen molar-refractivity contribution in [1.82, 2.24) is 31.9 Å². The third-order valence-electron chi connectivity index (χ3n) is 9.43. The van der Waals surface area contributed by atoms with Crippen molar-refractivity contribution in [2.45, 2.75) is 133 Å². The summed E-state index contributed by atoms with van der Waals surface area (Å²) in [6, 6.07) is -4.49. The quantitative estimate of drug-likeness (QED) is 0.0112. The molecule has 0 aromatic carbocycles. The first kappa shape index (κ1) is 54.0. The normalized spacial score (nSPS) is 16.0. The summed E-state index contributed by atoms with van der Waals surface area (Å²) in [7, 11) is 0. The lowest BCUT2D eigenvalue weighted by Gasteiger charge is -2.26. The average Bonchev–Trinajstić information content (AvgIpc) is 3.20. The summed E-state index contributed by atoms with van der Waals surface area (Å²) in [6.45, 7) is 5.34. The number of nitrogens with two attached hydrogens (primary N) is 4. The van der Waals surface area contributed by atoms with Crippen LogP contribution >= 0.6 is 0 Å². The topological polar surface area (TPSA) is 330 Å². The van der Waals surface area contributed by atoms with Crippen LogP contribution in [-0.2, 0) is 33.5 Å². The van der Waals surface area contributed by atoms with Crippen LogP contribution in [0.2, 0.25) is 0 Å². The van der Waals surface area contributed by atoms with Crippen LogP contribution in [0.5, 0.6) is 0 Å². The molecule has 0 aromatic heterocycles. The lowest BCUT2D eigenvalue weighted by molar-refractivity contribution is -0.134. The van der Waals surface area contributed by atoms with E-state index in [4.69, 9.17) is 27.7 Å². The SMILES string of the molecule is C=CCOC(=O)NCCCCC(C=O)NC(=O)C(CCCN=C(N)N)NC(=O)C(CCCN=C(N)N)NC(=O)C(CCCCNC(=O)CC1CCCCC#CC1(F)F)NC(C)=O. The van der Waals surface area contributed by atoms with E-state index in [9.17, 15) is 42.3 Å². The molecule has 62 heavy (non-hydrogen) atoms. The van der Waals surface area contributed by atoms with E-state index < -0.39 is 71.6 Å². The zero-order valence-electron chi connectivity index (χ0n) is 35.6. The van der Waals surface area contributed by atoms with Crippen LogP contribution in [0.15, 0.2) is 22.6 Å². The number of guanidine groups is 2. The monoisotopic (exact) mass is 881 g/mol. The summed E-state index contributed by atoms with van der Waals surface area (Å²) in [5, 5.41) is 15.7. The van der Waals surface area contributed by atoms with Crippen LogP contribution in [-0.4, -0.2) is 117 Å². The van der Waals surface area contributed by atoms with Gasteiger partial charge in [0.25, 0.3) is 0 Å². The van der Waals surface area contributed by atoms with E-state index in [0.717, 1.165) is 0 Å². The number of unbranched alkanes of at least 4 members (excludes halogenated alkanes) is 2. The van der Waals surface area contributed by atoms with E-state index >= 15 is 0 Å². The van der Waals surface area contributed by atoms with Gasteiger partial charge in [0.2, 0.25) is 29.5 Å². The highest BCUT2D eigenvalue weighted by Crippen LogP contribution is 2.32.